The van der Waals surface area contributed by atoms with Crippen molar-refractivity contribution in [2.24, 2.45) is 11.8 Å². The average molecular weight is 297 g/mol. The maximum absolute atomic E-state index is 12.3. The molecule has 1 N–H and O–H groups in total. The molecule has 1 saturated carbocycles. The van der Waals surface area contributed by atoms with Crippen molar-refractivity contribution in [3.8, 4) is 0 Å². The van der Waals surface area contributed by atoms with Crippen LogP contribution in [-0.2, 0) is 9.53 Å². The number of likely N-dealkylation sites (tertiary alicyclic amines) is 1. The quantitative estimate of drug-likeness (QED) is 0.864. The fourth-order valence-electron chi connectivity index (χ4n) is 3.09. The number of aliphatic carboxylic acids is 1. The number of nitrogens with zero attached hydrogens (tertiary/aromatic N) is 1. The summed E-state index contributed by atoms with van der Waals surface area (Å²) in [5.41, 5.74) is -0.596. The molecule has 0 aromatic rings. The van der Waals surface area contributed by atoms with E-state index in [4.69, 9.17) is 4.74 Å². The fourth-order valence-corrected chi connectivity index (χ4v) is 3.09. The van der Waals surface area contributed by atoms with Crippen LogP contribution < -0.4 is 0 Å². The van der Waals surface area contributed by atoms with Gasteiger partial charge >= 0.3 is 12.1 Å². The lowest BCUT2D eigenvalue weighted by Gasteiger charge is -2.39. The van der Waals surface area contributed by atoms with Gasteiger partial charge in [0.25, 0.3) is 0 Å². The third-order valence-electron chi connectivity index (χ3n) is 4.28. The molecular formula is C16H27NO4. The van der Waals surface area contributed by atoms with Crippen LogP contribution in [0.25, 0.3) is 0 Å². The van der Waals surface area contributed by atoms with Gasteiger partial charge in [-0.3, -0.25) is 4.90 Å². The zero-order chi connectivity index (χ0) is 15.6. The lowest BCUT2D eigenvalue weighted by molar-refractivity contribution is -0.147. The number of carboxylic acids is 1. The number of hydrogen-bond donors (Lipinski definition) is 1. The Hall–Kier alpha value is -1.26. The highest BCUT2D eigenvalue weighted by Crippen LogP contribution is 2.37. The molecule has 2 atom stereocenters. The molecule has 0 bridgehead atoms. The summed E-state index contributed by atoms with van der Waals surface area (Å²) in [6.45, 7) is 5.88. The van der Waals surface area contributed by atoms with Crippen LogP contribution in [0.5, 0.6) is 0 Å². The first-order chi connectivity index (χ1) is 9.78. The summed E-state index contributed by atoms with van der Waals surface area (Å²) in [4.78, 5) is 25.3. The summed E-state index contributed by atoms with van der Waals surface area (Å²) in [6.07, 6.45) is 5.81. The van der Waals surface area contributed by atoms with Crippen LogP contribution >= 0.6 is 0 Å². The Labute approximate surface area is 126 Å². The zero-order valence-electron chi connectivity index (χ0n) is 13.3. The van der Waals surface area contributed by atoms with Gasteiger partial charge in [-0.05, 0) is 51.9 Å². The molecule has 2 fully saturated rings. The maximum atomic E-state index is 12.3. The average Bonchev–Trinajstić information content (AvgIpc) is 3.17. The molecule has 5 heteroatoms. The highest BCUT2D eigenvalue weighted by molar-refractivity contribution is 5.80. The van der Waals surface area contributed by atoms with Gasteiger partial charge < -0.3 is 9.84 Å². The van der Waals surface area contributed by atoms with Crippen molar-refractivity contribution >= 4 is 12.1 Å². The molecule has 0 radical (unpaired) electrons. The summed E-state index contributed by atoms with van der Waals surface area (Å²) in [5.74, 6) is -0.0536. The van der Waals surface area contributed by atoms with Crippen LogP contribution in [0.2, 0.25) is 0 Å². The van der Waals surface area contributed by atoms with Crippen LogP contribution in [-0.4, -0.2) is 40.3 Å². The molecule has 0 aromatic carbocycles. The van der Waals surface area contributed by atoms with E-state index < -0.39 is 23.7 Å². The number of amides is 1. The zero-order valence-corrected chi connectivity index (χ0v) is 13.3. The summed E-state index contributed by atoms with van der Waals surface area (Å²) in [5, 5.41) is 9.56. The molecule has 5 nitrogen and oxygen atoms in total. The molecule has 21 heavy (non-hydrogen) atoms. The summed E-state index contributed by atoms with van der Waals surface area (Å²) in [6, 6.07) is -0.729. The first kappa shape index (κ1) is 16.1. The van der Waals surface area contributed by atoms with Gasteiger partial charge in [0, 0.05) is 6.54 Å². The number of hydrogen-bond acceptors (Lipinski definition) is 3. The normalized spacial score (nSPS) is 26.5. The SMILES string of the molecule is CC(C)(C)OC(=O)N1CCC[C@H](CCC2CC2)[C@H]1C(=O)O. The lowest BCUT2D eigenvalue weighted by Crippen LogP contribution is -2.53. The van der Waals surface area contributed by atoms with E-state index in [0.29, 0.717) is 6.54 Å². The monoisotopic (exact) mass is 297 g/mol. The van der Waals surface area contributed by atoms with Crippen molar-refractivity contribution in [3.05, 3.63) is 0 Å². The molecule has 1 aliphatic carbocycles. The molecule has 120 valence electrons. The Morgan fingerprint density at radius 3 is 2.38 bits per heavy atom. The van der Waals surface area contributed by atoms with Crippen LogP contribution in [0.4, 0.5) is 4.79 Å². The number of carbonyl (C=O) groups is 2. The van der Waals surface area contributed by atoms with Gasteiger partial charge in [0.15, 0.2) is 0 Å². The van der Waals surface area contributed by atoms with Crippen molar-refractivity contribution in [2.45, 2.75) is 70.9 Å². The maximum Gasteiger partial charge on any atom is 0.411 e. The van der Waals surface area contributed by atoms with Gasteiger partial charge in [-0.15, -0.1) is 0 Å². The number of carbonyl (C=O) groups excluding carboxylic acids is 1. The van der Waals surface area contributed by atoms with Crippen molar-refractivity contribution in [1.29, 1.82) is 0 Å². The number of rotatable bonds is 4. The van der Waals surface area contributed by atoms with Crippen molar-refractivity contribution in [3.63, 3.8) is 0 Å². The fraction of sp³-hybridized carbons (Fsp3) is 0.875. The molecule has 1 aliphatic heterocycles. The van der Waals surface area contributed by atoms with Gasteiger partial charge in [0.05, 0.1) is 0 Å². The summed E-state index contributed by atoms with van der Waals surface area (Å²) >= 11 is 0. The Morgan fingerprint density at radius 1 is 1.19 bits per heavy atom. The minimum Gasteiger partial charge on any atom is -0.480 e. The second-order valence-electron chi connectivity index (χ2n) is 7.38. The summed E-state index contributed by atoms with van der Waals surface area (Å²) in [7, 11) is 0. The predicted octanol–water partition coefficient (Wildman–Crippen LogP) is 3.28. The molecular weight excluding hydrogens is 270 g/mol. The van der Waals surface area contributed by atoms with Gasteiger partial charge in [0.2, 0.25) is 0 Å². The van der Waals surface area contributed by atoms with Crippen LogP contribution in [0.1, 0.15) is 59.3 Å². The minimum atomic E-state index is -0.902. The van der Waals surface area contributed by atoms with Gasteiger partial charge in [-0.25, -0.2) is 9.59 Å². The second-order valence-corrected chi connectivity index (χ2v) is 7.38. The van der Waals surface area contributed by atoms with E-state index in [2.05, 4.69) is 0 Å². The first-order valence-electron chi connectivity index (χ1n) is 8.00. The van der Waals surface area contributed by atoms with Crippen molar-refractivity contribution in [2.75, 3.05) is 6.54 Å². The standard InChI is InChI=1S/C16H27NO4/c1-16(2,3)21-15(20)17-10-4-5-12(13(17)14(18)19)9-8-11-6-7-11/h11-13H,4-10H2,1-3H3,(H,18,19)/t12-,13+/m1/s1. The smallest absolute Gasteiger partial charge is 0.411 e. The van der Waals surface area contributed by atoms with Gasteiger partial charge in [-0.1, -0.05) is 19.3 Å². The Morgan fingerprint density at radius 2 is 1.86 bits per heavy atom. The van der Waals surface area contributed by atoms with E-state index in [1.807, 2.05) is 0 Å². The minimum absolute atomic E-state index is 0.0596. The molecule has 1 amide bonds. The molecule has 2 rings (SSSR count). The van der Waals surface area contributed by atoms with E-state index in [0.717, 1.165) is 31.6 Å². The Bertz CT molecular complexity index is 398. The lowest BCUT2D eigenvalue weighted by atomic mass is 9.85. The summed E-state index contributed by atoms with van der Waals surface area (Å²) < 4.78 is 5.37. The van der Waals surface area contributed by atoms with Crippen molar-refractivity contribution < 1.29 is 19.4 Å². The van der Waals surface area contributed by atoms with E-state index >= 15 is 0 Å². The highest BCUT2D eigenvalue weighted by Gasteiger charge is 2.41. The number of carboxylic acid groups (broad SMARTS) is 1. The van der Waals surface area contributed by atoms with Crippen molar-refractivity contribution in [1.82, 2.24) is 4.90 Å². The van der Waals surface area contributed by atoms with Crippen LogP contribution in [0.3, 0.4) is 0 Å². The predicted molar refractivity (Wildman–Crippen MR) is 79.0 cm³/mol. The molecule has 0 aromatic heterocycles. The third-order valence-corrected chi connectivity index (χ3v) is 4.28. The highest BCUT2D eigenvalue weighted by atomic mass is 16.6. The molecule has 1 heterocycles. The van der Waals surface area contributed by atoms with Gasteiger partial charge in [-0.2, -0.15) is 0 Å². The number of ether oxygens (including phenoxy) is 1. The number of piperidine rings is 1. The van der Waals surface area contributed by atoms with E-state index in [1.54, 1.807) is 20.8 Å². The van der Waals surface area contributed by atoms with Crippen LogP contribution in [0.15, 0.2) is 0 Å². The molecule has 0 spiro atoms. The van der Waals surface area contributed by atoms with E-state index in [-0.39, 0.29) is 5.92 Å². The molecule has 2 aliphatic rings. The van der Waals surface area contributed by atoms with Crippen LogP contribution in [0, 0.1) is 11.8 Å². The first-order valence-corrected chi connectivity index (χ1v) is 8.00. The second kappa shape index (κ2) is 6.24. The van der Waals surface area contributed by atoms with Gasteiger partial charge in [0.1, 0.15) is 11.6 Å². The van der Waals surface area contributed by atoms with E-state index in [1.165, 1.54) is 17.7 Å². The Kier molecular flexibility index (Phi) is 4.79. The third kappa shape index (κ3) is 4.61. The Balaban J connectivity index is 2.03. The van der Waals surface area contributed by atoms with E-state index in [9.17, 15) is 14.7 Å². The largest absolute Gasteiger partial charge is 0.480 e. The molecule has 1 saturated heterocycles. The molecule has 0 unspecified atom stereocenters. The topological polar surface area (TPSA) is 66.8 Å².